The van der Waals surface area contributed by atoms with Gasteiger partial charge in [0.25, 0.3) is 0 Å². The minimum Gasteiger partial charge on any atom is -0.497 e. The van der Waals surface area contributed by atoms with Crippen LogP contribution in [0.2, 0.25) is 0 Å². The maximum absolute atomic E-state index is 6.19. The highest BCUT2D eigenvalue weighted by Crippen LogP contribution is 2.30. The van der Waals surface area contributed by atoms with E-state index in [1.165, 1.54) is 0 Å². The highest BCUT2D eigenvalue weighted by Gasteiger charge is 2.13. The maximum Gasteiger partial charge on any atom is 0.123 e. The van der Waals surface area contributed by atoms with Gasteiger partial charge in [0.2, 0.25) is 0 Å². The van der Waals surface area contributed by atoms with Gasteiger partial charge in [-0.3, -0.25) is 0 Å². The lowest BCUT2D eigenvalue weighted by atomic mass is 10.0. The average Bonchev–Trinajstić information content (AvgIpc) is 2.42. The van der Waals surface area contributed by atoms with Crippen molar-refractivity contribution in [2.24, 2.45) is 5.73 Å². The molecule has 1 atom stereocenters. The fourth-order valence-electron chi connectivity index (χ4n) is 1.83. The summed E-state index contributed by atoms with van der Waals surface area (Å²) in [6.07, 6.45) is 1.80. The number of methoxy groups -OCH3 is 2. The van der Waals surface area contributed by atoms with Gasteiger partial charge in [-0.2, -0.15) is 0 Å². The van der Waals surface area contributed by atoms with E-state index in [2.05, 4.69) is 0 Å². The number of ether oxygens (including phenoxy) is 3. The van der Waals surface area contributed by atoms with Crippen molar-refractivity contribution in [1.29, 1.82) is 0 Å². The first-order valence-electron chi connectivity index (χ1n) is 6.28. The molecule has 1 rings (SSSR count). The van der Waals surface area contributed by atoms with E-state index >= 15 is 0 Å². The van der Waals surface area contributed by atoms with Crippen LogP contribution in [0.1, 0.15) is 31.4 Å². The summed E-state index contributed by atoms with van der Waals surface area (Å²) in [5, 5.41) is 0. The van der Waals surface area contributed by atoms with Crippen LogP contribution >= 0.6 is 0 Å². The fraction of sp³-hybridized carbons (Fsp3) is 0.571. The lowest BCUT2D eigenvalue weighted by Gasteiger charge is -2.16. The van der Waals surface area contributed by atoms with Gasteiger partial charge in [-0.15, -0.1) is 0 Å². The van der Waals surface area contributed by atoms with Gasteiger partial charge in [-0.1, -0.05) is 0 Å². The summed E-state index contributed by atoms with van der Waals surface area (Å²) < 4.78 is 15.8. The predicted molar refractivity (Wildman–Crippen MR) is 72.2 cm³/mol. The maximum atomic E-state index is 6.19. The van der Waals surface area contributed by atoms with Crippen LogP contribution in [0.25, 0.3) is 0 Å². The number of benzene rings is 1. The minimum absolute atomic E-state index is 0.0597. The van der Waals surface area contributed by atoms with E-state index in [1.807, 2.05) is 25.1 Å². The Bertz CT molecular complexity index is 355. The van der Waals surface area contributed by atoms with E-state index in [9.17, 15) is 0 Å². The van der Waals surface area contributed by atoms with Crippen molar-refractivity contribution in [1.82, 2.24) is 0 Å². The van der Waals surface area contributed by atoms with Crippen molar-refractivity contribution in [2.75, 3.05) is 27.4 Å². The molecule has 0 saturated heterocycles. The van der Waals surface area contributed by atoms with Crippen LogP contribution in [0.3, 0.4) is 0 Å². The van der Waals surface area contributed by atoms with Crippen molar-refractivity contribution in [2.45, 2.75) is 25.8 Å². The Labute approximate surface area is 109 Å². The highest BCUT2D eigenvalue weighted by atomic mass is 16.5. The first-order valence-corrected chi connectivity index (χ1v) is 6.28. The van der Waals surface area contributed by atoms with E-state index in [0.717, 1.165) is 43.1 Å². The molecule has 0 amide bonds. The molecule has 4 heteroatoms. The van der Waals surface area contributed by atoms with Crippen LogP contribution in [0.15, 0.2) is 18.2 Å². The van der Waals surface area contributed by atoms with Crippen LogP contribution in [0, 0.1) is 0 Å². The molecule has 0 heterocycles. The fourth-order valence-corrected chi connectivity index (χ4v) is 1.83. The summed E-state index contributed by atoms with van der Waals surface area (Å²) in [6.45, 7) is 3.49. The largest absolute Gasteiger partial charge is 0.497 e. The van der Waals surface area contributed by atoms with Crippen LogP contribution in [-0.4, -0.2) is 27.4 Å². The first-order chi connectivity index (χ1) is 8.72. The molecular weight excluding hydrogens is 230 g/mol. The van der Waals surface area contributed by atoms with Crippen molar-refractivity contribution in [3.8, 4) is 11.5 Å². The molecule has 1 aromatic rings. The number of nitrogens with two attached hydrogens (primary N) is 1. The molecule has 1 aromatic carbocycles. The van der Waals surface area contributed by atoms with Crippen molar-refractivity contribution >= 4 is 0 Å². The molecule has 4 nitrogen and oxygen atoms in total. The zero-order chi connectivity index (χ0) is 13.4. The van der Waals surface area contributed by atoms with E-state index in [4.69, 9.17) is 19.9 Å². The van der Waals surface area contributed by atoms with E-state index in [-0.39, 0.29) is 6.04 Å². The molecule has 0 saturated carbocycles. The Morgan fingerprint density at radius 3 is 2.61 bits per heavy atom. The van der Waals surface area contributed by atoms with Gasteiger partial charge < -0.3 is 19.9 Å². The second-order valence-corrected chi connectivity index (χ2v) is 4.05. The van der Waals surface area contributed by atoms with Gasteiger partial charge in [-0.25, -0.2) is 0 Å². The second kappa shape index (κ2) is 7.95. The van der Waals surface area contributed by atoms with Crippen molar-refractivity contribution in [3.63, 3.8) is 0 Å². The van der Waals surface area contributed by atoms with E-state index in [0.29, 0.717) is 0 Å². The SMILES string of the molecule is CCOCCCC(N)c1cc(OC)ccc1OC. The Morgan fingerprint density at radius 1 is 1.22 bits per heavy atom. The van der Waals surface area contributed by atoms with Gasteiger partial charge >= 0.3 is 0 Å². The summed E-state index contributed by atoms with van der Waals surface area (Å²) in [7, 11) is 3.30. The molecule has 102 valence electrons. The molecule has 0 spiro atoms. The molecule has 0 aliphatic heterocycles. The number of rotatable bonds is 8. The summed E-state index contributed by atoms with van der Waals surface area (Å²) in [4.78, 5) is 0. The molecule has 0 radical (unpaired) electrons. The van der Waals surface area contributed by atoms with Crippen LogP contribution in [0.5, 0.6) is 11.5 Å². The molecule has 0 fully saturated rings. The van der Waals surface area contributed by atoms with E-state index in [1.54, 1.807) is 14.2 Å². The highest BCUT2D eigenvalue weighted by molar-refractivity contribution is 5.42. The topological polar surface area (TPSA) is 53.7 Å². The first kappa shape index (κ1) is 14.8. The Balaban J connectivity index is 2.66. The zero-order valence-corrected chi connectivity index (χ0v) is 11.4. The van der Waals surface area contributed by atoms with Gasteiger partial charge in [0.05, 0.1) is 14.2 Å². The number of hydrogen-bond donors (Lipinski definition) is 1. The Morgan fingerprint density at radius 2 is 2.00 bits per heavy atom. The van der Waals surface area contributed by atoms with Crippen molar-refractivity contribution < 1.29 is 14.2 Å². The molecule has 18 heavy (non-hydrogen) atoms. The summed E-state index contributed by atoms with van der Waals surface area (Å²) >= 11 is 0. The predicted octanol–water partition coefficient (Wildman–Crippen LogP) is 2.52. The summed E-state index contributed by atoms with van der Waals surface area (Å²) in [5.74, 6) is 1.60. The zero-order valence-electron chi connectivity index (χ0n) is 11.4. The van der Waals surface area contributed by atoms with E-state index < -0.39 is 0 Å². The monoisotopic (exact) mass is 253 g/mol. The summed E-state index contributed by atoms with van der Waals surface area (Å²) in [6, 6.07) is 5.63. The van der Waals surface area contributed by atoms with Crippen LogP contribution < -0.4 is 15.2 Å². The van der Waals surface area contributed by atoms with Gasteiger partial charge in [0.15, 0.2) is 0 Å². The normalized spacial score (nSPS) is 12.2. The smallest absolute Gasteiger partial charge is 0.123 e. The molecule has 1 unspecified atom stereocenters. The van der Waals surface area contributed by atoms with Crippen LogP contribution in [-0.2, 0) is 4.74 Å². The molecule has 0 aromatic heterocycles. The third-order valence-electron chi connectivity index (χ3n) is 2.84. The van der Waals surface area contributed by atoms with Gasteiger partial charge in [0, 0.05) is 24.8 Å². The van der Waals surface area contributed by atoms with Crippen molar-refractivity contribution in [3.05, 3.63) is 23.8 Å². The quantitative estimate of drug-likeness (QED) is 0.723. The van der Waals surface area contributed by atoms with Gasteiger partial charge in [0.1, 0.15) is 11.5 Å². The standard InChI is InChI=1S/C14H23NO3/c1-4-18-9-5-6-13(15)12-10-11(16-2)7-8-14(12)17-3/h7-8,10,13H,4-6,9,15H2,1-3H3. The Kier molecular flexibility index (Phi) is 6.54. The molecule has 0 bridgehead atoms. The Hall–Kier alpha value is -1.26. The van der Waals surface area contributed by atoms with Crippen LogP contribution in [0.4, 0.5) is 0 Å². The third-order valence-corrected chi connectivity index (χ3v) is 2.84. The average molecular weight is 253 g/mol. The second-order valence-electron chi connectivity index (χ2n) is 4.05. The lowest BCUT2D eigenvalue weighted by molar-refractivity contribution is 0.142. The molecule has 0 aliphatic rings. The molecular formula is C14H23NO3. The lowest BCUT2D eigenvalue weighted by Crippen LogP contribution is -2.12. The van der Waals surface area contributed by atoms with Gasteiger partial charge in [-0.05, 0) is 38.0 Å². The molecule has 2 N–H and O–H groups in total. The number of hydrogen-bond acceptors (Lipinski definition) is 4. The minimum atomic E-state index is -0.0597. The molecule has 0 aliphatic carbocycles. The third kappa shape index (κ3) is 4.20. The summed E-state index contributed by atoms with van der Waals surface area (Å²) in [5.41, 5.74) is 7.17.